The number of carbonyl (C=O) groups excluding carboxylic acids is 2. The molecule has 1 aliphatic heterocycles. The molecule has 0 unspecified atom stereocenters. The lowest BCUT2D eigenvalue weighted by molar-refractivity contribution is -0.152. The van der Waals surface area contributed by atoms with Gasteiger partial charge in [-0.1, -0.05) is 36.4 Å². The van der Waals surface area contributed by atoms with Crippen molar-refractivity contribution in [2.75, 3.05) is 6.54 Å². The summed E-state index contributed by atoms with van der Waals surface area (Å²) in [5.41, 5.74) is 1.67. The van der Waals surface area contributed by atoms with Crippen molar-refractivity contribution < 1.29 is 29.7 Å². The number of nitrogens with one attached hydrogen (secondary N) is 1. The Morgan fingerprint density at radius 2 is 1.85 bits per heavy atom. The largest absolute Gasteiger partial charge is 0.508 e. The number of phenolic OH excluding ortho intramolecular Hbond substituents is 1. The lowest BCUT2D eigenvalue weighted by Crippen LogP contribution is -2.54. The van der Waals surface area contributed by atoms with Crippen LogP contribution in [-0.4, -0.2) is 68.1 Å². The smallest absolute Gasteiger partial charge is 0.326 e. The van der Waals surface area contributed by atoms with Crippen LogP contribution in [0.25, 0.3) is 0 Å². The number of alkyl halides is 1. The second-order valence-corrected chi connectivity index (χ2v) is 9.15. The number of phenols is 1. The summed E-state index contributed by atoms with van der Waals surface area (Å²) < 4.78 is 0. The Morgan fingerprint density at radius 1 is 1.15 bits per heavy atom. The summed E-state index contributed by atoms with van der Waals surface area (Å²) in [6.45, 7) is 1.60. The molecule has 2 aromatic carbocycles. The summed E-state index contributed by atoms with van der Waals surface area (Å²) >= 11 is 6.09. The van der Waals surface area contributed by atoms with Crippen molar-refractivity contribution in [1.29, 1.82) is 0 Å². The third kappa shape index (κ3) is 6.07. The minimum atomic E-state index is -1.65. The number of carbonyl (C=O) groups is 3. The number of hydrogen-bond acceptors (Lipinski definition) is 5. The van der Waals surface area contributed by atoms with Gasteiger partial charge in [-0.25, -0.2) is 4.79 Å². The summed E-state index contributed by atoms with van der Waals surface area (Å²) in [5, 5.41) is 32.5. The van der Waals surface area contributed by atoms with Crippen LogP contribution < -0.4 is 5.32 Å². The first-order valence-corrected chi connectivity index (χ1v) is 11.6. The molecule has 4 atom stereocenters. The molecule has 0 spiro atoms. The summed E-state index contributed by atoms with van der Waals surface area (Å²) in [7, 11) is 0. The number of aliphatic carboxylic acids is 1. The van der Waals surface area contributed by atoms with Crippen LogP contribution in [0.5, 0.6) is 5.75 Å². The number of carboxylic acid groups (broad SMARTS) is 1. The molecule has 0 aromatic heterocycles. The first-order valence-electron chi connectivity index (χ1n) is 11.2. The Balaban J connectivity index is 1.78. The maximum atomic E-state index is 13.1. The Hall–Kier alpha value is -3.10. The molecule has 1 saturated heterocycles. The fourth-order valence-corrected chi connectivity index (χ4v) is 4.52. The molecule has 0 bridgehead atoms. The van der Waals surface area contributed by atoms with Gasteiger partial charge in [-0.05, 0) is 50.3 Å². The maximum absolute atomic E-state index is 13.1. The highest BCUT2D eigenvalue weighted by Gasteiger charge is 2.42. The van der Waals surface area contributed by atoms with Gasteiger partial charge >= 0.3 is 5.97 Å². The van der Waals surface area contributed by atoms with E-state index in [4.69, 9.17) is 11.6 Å². The van der Waals surface area contributed by atoms with E-state index in [2.05, 4.69) is 5.32 Å². The zero-order valence-electron chi connectivity index (χ0n) is 18.9. The second kappa shape index (κ2) is 11.4. The Bertz CT molecular complexity index is 1030. The van der Waals surface area contributed by atoms with Crippen LogP contribution in [0.2, 0.25) is 0 Å². The van der Waals surface area contributed by atoms with Crippen molar-refractivity contribution in [3.05, 3.63) is 65.2 Å². The SMILES string of the molecule is Cc1c(O)cccc1C(=O)N[C@@H](CCCc1ccccc1)[C@H](O)C(=O)N1C[C@@H](Cl)C[C@H]1C(=O)O. The van der Waals surface area contributed by atoms with Crippen molar-refractivity contribution in [2.24, 2.45) is 0 Å². The quantitative estimate of drug-likeness (QED) is 0.401. The number of benzene rings is 2. The molecule has 9 heteroatoms. The van der Waals surface area contributed by atoms with E-state index in [1.165, 1.54) is 12.1 Å². The van der Waals surface area contributed by atoms with Gasteiger partial charge in [0.15, 0.2) is 6.10 Å². The third-order valence-electron chi connectivity index (χ3n) is 6.14. The Kier molecular flexibility index (Phi) is 8.52. The minimum Gasteiger partial charge on any atom is -0.508 e. The summed E-state index contributed by atoms with van der Waals surface area (Å²) in [6.07, 6.45) is -0.0471. The molecular weight excluding hydrogens is 460 g/mol. The van der Waals surface area contributed by atoms with E-state index in [9.17, 15) is 29.7 Å². The van der Waals surface area contributed by atoms with E-state index >= 15 is 0 Å². The van der Waals surface area contributed by atoms with E-state index in [0.29, 0.717) is 18.4 Å². The van der Waals surface area contributed by atoms with E-state index in [-0.39, 0.29) is 30.7 Å². The van der Waals surface area contributed by atoms with Crippen LogP contribution in [-0.2, 0) is 16.0 Å². The van der Waals surface area contributed by atoms with Gasteiger partial charge in [0, 0.05) is 17.7 Å². The molecule has 0 aliphatic carbocycles. The van der Waals surface area contributed by atoms with Gasteiger partial charge in [0.05, 0.1) is 11.4 Å². The molecule has 0 saturated carbocycles. The summed E-state index contributed by atoms with van der Waals surface area (Å²) in [6, 6.07) is 12.1. The van der Waals surface area contributed by atoms with E-state index < -0.39 is 41.3 Å². The van der Waals surface area contributed by atoms with Crippen LogP contribution >= 0.6 is 11.6 Å². The van der Waals surface area contributed by atoms with Crippen LogP contribution in [0.3, 0.4) is 0 Å². The highest BCUT2D eigenvalue weighted by atomic mass is 35.5. The lowest BCUT2D eigenvalue weighted by Gasteiger charge is -2.29. The number of hydrogen-bond donors (Lipinski definition) is 4. The highest BCUT2D eigenvalue weighted by molar-refractivity contribution is 6.21. The van der Waals surface area contributed by atoms with Gasteiger partial charge in [-0.2, -0.15) is 0 Å². The molecule has 2 aromatic rings. The normalized spacial score (nSPS) is 19.4. The molecule has 0 radical (unpaired) electrons. The topological polar surface area (TPSA) is 127 Å². The number of rotatable bonds is 9. The first-order chi connectivity index (χ1) is 16.2. The Morgan fingerprint density at radius 3 is 2.53 bits per heavy atom. The van der Waals surface area contributed by atoms with E-state index in [1.807, 2.05) is 30.3 Å². The van der Waals surface area contributed by atoms with E-state index in [0.717, 1.165) is 10.5 Å². The number of likely N-dealkylation sites (tertiary alicyclic amines) is 1. The van der Waals surface area contributed by atoms with Crippen LogP contribution in [0.15, 0.2) is 48.5 Å². The van der Waals surface area contributed by atoms with Crippen molar-refractivity contribution in [2.45, 2.75) is 56.2 Å². The number of aromatic hydroxyl groups is 1. The van der Waals surface area contributed by atoms with Gasteiger partial charge in [0.25, 0.3) is 11.8 Å². The molecule has 4 N–H and O–H groups in total. The van der Waals surface area contributed by atoms with E-state index in [1.54, 1.807) is 13.0 Å². The maximum Gasteiger partial charge on any atom is 0.326 e. The third-order valence-corrected chi connectivity index (χ3v) is 6.46. The van der Waals surface area contributed by atoms with Crippen molar-refractivity contribution in [1.82, 2.24) is 10.2 Å². The predicted molar refractivity (Wildman–Crippen MR) is 127 cm³/mol. The molecule has 1 aliphatic rings. The lowest BCUT2D eigenvalue weighted by atomic mass is 9.99. The standard InChI is InChI=1S/C25H29ClN2O6/c1-15-18(10-6-12-21(15)29)23(31)27-19(11-5-9-16-7-3-2-4-8-16)22(30)24(32)28-14-17(26)13-20(28)25(33)34/h2-4,6-8,10,12,17,19-20,22,29-30H,5,9,11,13-14H2,1H3,(H,27,31)(H,33,34)/t17-,19-,20-,22-/m0/s1. The molecule has 34 heavy (non-hydrogen) atoms. The average molecular weight is 489 g/mol. The number of aryl methyl sites for hydroxylation is 1. The molecule has 2 amide bonds. The van der Waals surface area contributed by atoms with Crippen LogP contribution in [0, 0.1) is 6.92 Å². The van der Waals surface area contributed by atoms with Gasteiger partial charge in [0.2, 0.25) is 0 Å². The molecule has 1 heterocycles. The first kappa shape index (κ1) is 25.5. The molecule has 8 nitrogen and oxygen atoms in total. The molecule has 3 rings (SSSR count). The number of carboxylic acids is 1. The number of aliphatic hydroxyl groups is 1. The molecule has 182 valence electrons. The van der Waals surface area contributed by atoms with Crippen molar-refractivity contribution in [3.8, 4) is 5.75 Å². The highest BCUT2D eigenvalue weighted by Crippen LogP contribution is 2.25. The summed E-state index contributed by atoms with van der Waals surface area (Å²) in [4.78, 5) is 38.7. The molecule has 1 fully saturated rings. The number of aliphatic hydroxyl groups excluding tert-OH is 1. The average Bonchev–Trinajstić information content (AvgIpc) is 3.22. The van der Waals surface area contributed by atoms with Gasteiger partial charge < -0.3 is 25.5 Å². The zero-order valence-corrected chi connectivity index (χ0v) is 19.6. The fourth-order valence-electron chi connectivity index (χ4n) is 4.20. The minimum absolute atomic E-state index is 0.00473. The predicted octanol–water partition coefficient (Wildman–Crippen LogP) is 2.48. The van der Waals surface area contributed by atoms with Crippen LogP contribution in [0.4, 0.5) is 0 Å². The molecular formula is C25H29ClN2O6. The monoisotopic (exact) mass is 488 g/mol. The van der Waals surface area contributed by atoms with Gasteiger partial charge in [-0.15, -0.1) is 11.6 Å². The van der Waals surface area contributed by atoms with Crippen molar-refractivity contribution >= 4 is 29.4 Å². The van der Waals surface area contributed by atoms with Crippen LogP contribution in [0.1, 0.15) is 40.7 Å². The number of amides is 2. The summed E-state index contributed by atoms with van der Waals surface area (Å²) in [5.74, 6) is -2.56. The zero-order chi connectivity index (χ0) is 24.8. The van der Waals surface area contributed by atoms with Gasteiger partial charge in [-0.3, -0.25) is 9.59 Å². The van der Waals surface area contributed by atoms with Gasteiger partial charge in [0.1, 0.15) is 11.8 Å². The fraction of sp³-hybridized carbons (Fsp3) is 0.400. The van der Waals surface area contributed by atoms with Crippen molar-refractivity contribution in [3.63, 3.8) is 0 Å². The Labute approximate surface area is 203 Å². The second-order valence-electron chi connectivity index (χ2n) is 8.53. The number of nitrogens with zero attached hydrogens (tertiary/aromatic N) is 1. The number of halogens is 1.